The molecule has 14 heavy (non-hydrogen) atoms. The first-order valence-electron chi connectivity index (χ1n) is 5.14. The van der Waals surface area contributed by atoms with E-state index in [0.29, 0.717) is 6.04 Å². The van der Waals surface area contributed by atoms with Crippen molar-refractivity contribution in [1.82, 2.24) is 4.90 Å². The molecule has 0 aliphatic carbocycles. The largest absolute Gasteiger partial charge is 0.383 e. The highest BCUT2D eigenvalue weighted by Gasteiger charge is 2.13. The summed E-state index contributed by atoms with van der Waals surface area (Å²) in [6, 6.07) is 0.457. The fourth-order valence-electron chi connectivity index (χ4n) is 1.39. The van der Waals surface area contributed by atoms with Gasteiger partial charge in [-0.15, -0.1) is 0 Å². The highest BCUT2D eigenvalue weighted by Crippen LogP contribution is 2.04. The van der Waals surface area contributed by atoms with Crippen LogP contribution in [0.1, 0.15) is 12.8 Å². The molecule has 0 heterocycles. The lowest BCUT2D eigenvalue weighted by Gasteiger charge is -2.27. The van der Waals surface area contributed by atoms with Gasteiger partial charge in [-0.05, 0) is 26.4 Å². The molecule has 2 N–H and O–H groups in total. The topological polar surface area (TPSA) is 47.7 Å². The molecule has 0 rings (SSSR count). The maximum Gasteiger partial charge on any atom is 0.0617 e. The number of methoxy groups -OCH3 is 2. The van der Waals surface area contributed by atoms with Crippen molar-refractivity contribution >= 4 is 0 Å². The average molecular weight is 204 g/mol. The summed E-state index contributed by atoms with van der Waals surface area (Å²) in [6.07, 6.45) is 2.13. The summed E-state index contributed by atoms with van der Waals surface area (Å²) in [5, 5.41) is 0. The zero-order valence-electron chi connectivity index (χ0n) is 9.66. The Labute approximate surface area is 87.4 Å². The molecule has 0 spiro atoms. The molecule has 86 valence electrons. The Morgan fingerprint density at radius 3 is 2.50 bits per heavy atom. The quantitative estimate of drug-likeness (QED) is 0.587. The number of rotatable bonds is 9. The number of nitrogens with two attached hydrogens (primary N) is 1. The van der Waals surface area contributed by atoms with E-state index in [9.17, 15) is 0 Å². The predicted octanol–water partition coefficient (Wildman–Crippen LogP) is 0.319. The highest BCUT2D eigenvalue weighted by atomic mass is 16.5. The van der Waals surface area contributed by atoms with Gasteiger partial charge in [-0.3, -0.25) is 4.90 Å². The van der Waals surface area contributed by atoms with E-state index in [0.717, 1.165) is 39.1 Å². The van der Waals surface area contributed by atoms with Gasteiger partial charge >= 0.3 is 0 Å². The Balaban J connectivity index is 3.77. The van der Waals surface area contributed by atoms with E-state index in [1.54, 1.807) is 14.2 Å². The molecule has 0 aromatic carbocycles. The molecule has 0 aliphatic rings. The van der Waals surface area contributed by atoms with E-state index in [-0.39, 0.29) is 0 Å². The van der Waals surface area contributed by atoms with Crippen LogP contribution in [0.2, 0.25) is 0 Å². The minimum atomic E-state index is 0.457. The summed E-state index contributed by atoms with van der Waals surface area (Å²) in [5.41, 5.74) is 5.49. The van der Waals surface area contributed by atoms with Crippen LogP contribution in [-0.4, -0.2) is 58.5 Å². The van der Waals surface area contributed by atoms with Crippen molar-refractivity contribution in [3.8, 4) is 0 Å². The van der Waals surface area contributed by atoms with Crippen molar-refractivity contribution in [2.75, 3.05) is 47.6 Å². The smallest absolute Gasteiger partial charge is 0.0617 e. The average Bonchev–Trinajstić information content (AvgIpc) is 2.20. The van der Waals surface area contributed by atoms with E-state index in [4.69, 9.17) is 15.2 Å². The zero-order chi connectivity index (χ0) is 10.8. The van der Waals surface area contributed by atoms with Gasteiger partial charge in [0.2, 0.25) is 0 Å². The van der Waals surface area contributed by atoms with Crippen LogP contribution in [0, 0.1) is 0 Å². The monoisotopic (exact) mass is 204 g/mol. The van der Waals surface area contributed by atoms with Gasteiger partial charge in [-0.1, -0.05) is 0 Å². The minimum Gasteiger partial charge on any atom is -0.383 e. The molecule has 4 heteroatoms. The number of hydrogen-bond donors (Lipinski definition) is 1. The first-order chi connectivity index (χ1) is 6.76. The van der Waals surface area contributed by atoms with Crippen molar-refractivity contribution in [2.24, 2.45) is 5.73 Å². The zero-order valence-corrected chi connectivity index (χ0v) is 9.66. The van der Waals surface area contributed by atoms with Crippen LogP contribution in [0.4, 0.5) is 0 Å². The van der Waals surface area contributed by atoms with Gasteiger partial charge in [0.25, 0.3) is 0 Å². The second kappa shape index (κ2) is 9.40. The van der Waals surface area contributed by atoms with E-state index in [2.05, 4.69) is 11.9 Å². The van der Waals surface area contributed by atoms with Crippen molar-refractivity contribution < 1.29 is 9.47 Å². The van der Waals surface area contributed by atoms with E-state index < -0.39 is 0 Å². The predicted molar refractivity (Wildman–Crippen MR) is 58.5 cm³/mol. The third kappa shape index (κ3) is 6.32. The van der Waals surface area contributed by atoms with Gasteiger partial charge in [-0.25, -0.2) is 0 Å². The van der Waals surface area contributed by atoms with Crippen molar-refractivity contribution in [3.63, 3.8) is 0 Å². The molecular weight excluding hydrogens is 180 g/mol. The van der Waals surface area contributed by atoms with Crippen molar-refractivity contribution in [1.29, 1.82) is 0 Å². The highest BCUT2D eigenvalue weighted by molar-refractivity contribution is 4.68. The Morgan fingerprint density at radius 1 is 1.29 bits per heavy atom. The minimum absolute atomic E-state index is 0.457. The molecule has 0 aromatic rings. The second-order valence-corrected chi connectivity index (χ2v) is 3.51. The number of likely N-dealkylation sites (N-methyl/N-ethyl adjacent to an activating group) is 1. The summed E-state index contributed by atoms with van der Waals surface area (Å²) in [6.45, 7) is 3.22. The van der Waals surface area contributed by atoms with E-state index in [1.807, 2.05) is 0 Å². The molecule has 0 radical (unpaired) electrons. The standard InChI is InChI=1S/C10H24N2O2/c1-12(7-8-13-2)10(9-14-3)5-4-6-11/h10H,4-9,11H2,1-3H3. The molecule has 0 aromatic heterocycles. The van der Waals surface area contributed by atoms with Gasteiger partial charge in [-0.2, -0.15) is 0 Å². The maximum atomic E-state index is 5.49. The SMILES string of the molecule is COCCN(C)C(CCCN)COC. The summed E-state index contributed by atoms with van der Waals surface area (Å²) < 4.78 is 10.2. The molecule has 0 amide bonds. The Bertz CT molecular complexity index is 123. The van der Waals surface area contributed by atoms with Crippen LogP contribution in [0.25, 0.3) is 0 Å². The molecule has 0 aliphatic heterocycles. The summed E-state index contributed by atoms with van der Waals surface area (Å²) in [4.78, 5) is 2.27. The van der Waals surface area contributed by atoms with Gasteiger partial charge in [0, 0.05) is 26.8 Å². The number of nitrogens with zero attached hydrogens (tertiary/aromatic N) is 1. The van der Waals surface area contributed by atoms with Crippen molar-refractivity contribution in [3.05, 3.63) is 0 Å². The Kier molecular flexibility index (Phi) is 9.29. The van der Waals surface area contributed by atoms with Gasteiger partial charge in [0.1, 0.15) is 0 Å². The third-order valence-electron chi connectivity index (χ3n) is 2.37. The van der Waals surface area contributed by atoms with Gasteiger partial charge in [0.15, 0.2) is 0 Å². The molecule has 0 saturated heterocycles. The van der Waals surface area contributed by atoms with Crippen molar-refractivity contribution in [2.45, 2.75) is 18.9 Å². The first kappa shape index (κ1) is 13.8. The third-order valence-corrected chi connectivity index (χ3v) is 2.37. The van der Waals surface area contributed by atoms with Crippen LogP contribution in [0.5, 0.6) is 0 Å². The molecule has 0 bridgehead atoms. The normalized spacial score (nSPS) is 13.5. The lowest BCUT2D eigenvalue weighted by atomic mass is 10.1. The van der Waals surface area contributed by atoms with Crippen LogP contribution in [-0.2, 0) is 9.47 Å². The fraction of sp³-hybridized carbons (Fsp3) is 1.00. The summed E-state index contributed by atoms with van der Waals surface area (Å²) in [5.74, 6) is 0. The lowest BCUT2D eigenvalue weighted by molar-refractivity contribution is 0.0788. The fourth-order valence-corrected chi connectivity index (χ4v) is 1.39. The molecule has 1 atom stereocenters. The maximum absolute atomic E-state index is 5.49. The second-order valence-electron chi connectivity index (χ2n) is 3.51. The van der Waals surface area contributed by atoms with Crippen LogP contribution in [0.15, 0.2) is 0 Å². The molecule has 1 unspecified atom stereocenters. The Hall–Kier alpha value is -0.160. The summed E-state index contributed by atoms with van der Waals surface area (Å²) >= 11 is 0. The van der Waals surface area contributed by atoms with Gasteiger partial charge < -0.3 is 15.2 Å². The first-order valence-corrected chi connectivity index (χ1v) is 5.14. The molecule has 0 saturated carbocycles. The molecule has 4 nitrogen and oxygen atoms in total. The lowest BCUT2D eigenvalue weighted by Crippen LogP contribution is -2.37. The number of hydrogen-bond acceptors (Lipinski definition) is 4. The molecule has 0 fully saturated rings. The van der Waals surface area contributed by atoms with Crippen LogP contribution in [0.3, 0.4) is 0 Å². The van der Waals surface area contributed by atoms with Gasteiger partial charge in [0.05, 0.1) is 13.2 Å². The van der Waals surface area contributed by atoms with E-state index >= 15 is 0 Å². The summed E-state index contributed by atoms with van der Waals surface area (Å²) in [7, 11) is 5.55. The Morgan fingerprint density at radius 2 is 2.00 bits per heavy atom. The molecular formula is C10H24N2O2. The van der Waals surface area contributed by atoms with Crippen LogP contribution >= 0.6 is 0 Å². The number of ether oxygens (including phenoxy) is 2. The van der Waals surface area contributed by atoms with E-state index in [1.165, 1.54) is 0 Å². The van der Waals surface area contributed by atoms with Crippen LogP contribution < -0.4 is 5.73 Å².